The average Bonchev–Trinajstić information content (AvgIpc) is 3.95. The van der Waals surface area contributed by atoms with Crippen LogP contribution in [0.2, 0.25) is 19.6 Å². The fourth-order valence-corrected chi connectivity index (χ4v) is 9.75. The van der Waals surface area contributed by atoms with E-state index in [1.807, 2.05) is 66.9 Å². The van der Waals surface area contributed by atoms with Crippen LogP contribution in [0.1, 0.15) is 34.6 Å². The van der Waals surface area contributed by atoms with E-state index in [1.165, 1.54) is 10.8 Å². The molecule has 1 radical (unpaired) electrons. The zero-order valence-corrected chi connectivity index (χ0v) is 42.5. The number of fused-ring (bicyclic) bond motifs is 4. The molecule has 0 fully saturated rings. The summed E-state index contributed by atoms with van der Waals surface area (Å²) < 4.78 is 24.6. The van der Waals surface area contributed by atoms with Gasteiger partial charge in [0.15, 0.2) is 0 Å². The fraction of sp³-hybridized carbons (Fsp3) is 0.129. The molecule has 0 saturated carbocycles. The van der Waals surface area contributed by atoms with Gasteiger partial charge >= 0.3 is 0 Å². The third kappa shape index (κ3) is 9.20. The van der Waals surface area contributed by atoms with Gasteiger partial charge in [-0.3, -0.25) is 4.98 Å². The largest absolute Gasteiger partial charge is 0.501 e. The maximum absolute atomic E-state index is 7.75. The van der Waals surface area contributed by atoms with Crippen LogP contribution < -0.4 is 5.19 Å². The number of para-hydroxylation sites is 2. The Morgan fingerprint density at radius 2 is 1.28 bits per heavy atom. The van der Waals surface area contributed by atoms with Crippen LogP contribution in [0.4, 0.5) is 0 Å². The average molecular weight is 1080 g/mol. The van der Waals surface area contributed by atoms with Crippen LogP contribution in [0, 0.1) is 19.0 Å². The van der Waals surface area contributed by atoms with Crippen molar-refractivity contribution >= 4 is 46.2 Å². The molecule has 0 spiro atoms. The molecule has 0 atom stereocenters. The number of aromatic nitrogens is 3. The predicted octanol–water partition coefficient (Wildman–Crippen LogP) is 16.1. The number of rotatable bonds is 7. The molecule has 0 amide bonds. The summed E-state index contributed by atoms with van der Waals surface area (Å²) in [6.07, 6.45) is 2.02. The van der Waals surface area contributed by atoms with Gasteiger partial charge in [-0.25, -0.2) is 0 Å². The van der Waals surface area contributed by atoms with Gasteiger partial charge in [0.2, 0.25) is 0 Å². The minimum atomic E-state index is -1.23. The molecule has 6 heteroatoms. The van der Waals surface area contributed by atoms with Crippen LogP contribution in [0.25, 0.3) is 94.7 Å². The molecule has 68 heavy (non-hydrogen) atoms. The molecule has 8 aromatic carbocycles. The molecule has 0 aliphatic heterocycles. The third-order valence-corrected chi connectivity index (χ3v) is 14.5. The topological polar surface area (TPSA) is 43.9 Å². The van der Waals surface area contributed by atoms with E-state index in [9.17, 15) is 0 Å². The normalized spacial score (nSPS) is 12.1. The molecule has 337 valence electrons. The predicted molar refractivity (Wildman–Crippen MR) is 284 cm³/mol. The molecule has 0 aliphatic rings. The Morgan fingerprint density at radius 3 is 1.90 bits per heavy atom. The second-order valence-corrected chi connectivity index (χ2v) is 24.2. The Balaban J connectivity index is 0.000000304. The quantitative estimate of drug-likeness (QED) is 0.118. The number of pyridine rings is 1. The number of nitrogens with zero attached hydrogens (tertiary/aromatic N) is 3. The Hall–Kier alpha value is -6.95. The summed E-state index contributed by atoms with van der Waals surface area (Å²) in [5, 5.41) is 3.41. The number of hydrogen-bond donors (Lipinski definition) is 0. The van der Waals surface area contributed by atoms with E-state index in [1.54, 1.807) is 0 Å². The van der Waals surface area contributed by atoms with E-state index in [4.69, 9.17) is 12.1 Å². The van der Waals surface area contributed by atoms with Gasteiger partial charge in [-0.1, -0.05) is 178 Å². The van der Waals surface area contributed by atoms with Crippen LogP contribution in [-0.4, -0.2) is 22.6 Å². The second-order valence-electron chi connectivity index (χ2n) is 19.2. The van der Waals surface area contributed by atoms with E-state index >= 15 is 0 Å². The molecule has 3 heterocycles. The SMILES string of the molecule is C[Si](C)(C)c1ccc(-c2[c-]cccc2)nc1.[2H]C([2H])c1ccc(-c2ccc3c(c2)oc2c(-c4nc5ccccc5n4-c4c(-c5ccccc5)cc(C(C)(C)C)cc4-c4ccccc4)[c-]ccc23)cc1.[Ir]. The molecule has 0 bridgehead atoms. The zero-order valence-electron chi connectivity index (χ0n) is 41.1. The number of benzene rings is 8. The van der Waals surface area contributed by atoms with Crippen molar-refractivity contribution < 1.29 is 27.3 Å². The molecule has 0 aliphatic carbocycles. The molecule has 11 rings (SSSR count). The zero-order chi connectivity index (χ0) is 47.9. The summed E-state index contributed by atoms with van der Waals surface area (Å²) in [5.41, 5.74) is 15.6. The van der Waals surface area contributed by atoms with Crippen LogP contribution in [0.3, 0.4) is 0 Å². The molecule has 0 unspecified atom stereocenters. The number of furan rings is 1. The van der Waals surface area contributed by atoms with E-state index < -0.39 is 14.9 Å². The monoisotopic (exact) mass is 1080 g/mol. The Bertz CT molecular complexity index is 3520. The molecular weight excluding hydrogens is 1020 g/mol. The Labute approximate surface area is 417 Å². The van der Waals surface area contributed by atoms with E-state index in [0.717, 1.165) is 94.7 Å². The van der Waals surface area contributed by atoms with Crippen molar-refractivity contribution in [2.75, 3.05) is 0 Å². The molecule has 0 N–H and O–H groups in total. The molecule has 11 aromatic rings. The first-order chi connectivity index (χ1) is 33.3. The fourth-order valence-electron chi connectivity index (χ4n) is 8.72. The van der Waals surface area contributed by atoms with Crippen molar-refractivity contribution in [3.63, 3.8) is 0 Å². The minimum Gasteiger partial charge on any atom is -0.501 e. The maximum atomic E-state index is 7.75. The third-order valence-electron chi connectivity index (χ3n) is 12.4. The molecule has 3 aromatic heterocycles. The van der Waals surface area contributed by atoms with E-state index in [0.29, 0.717) is 5.56 Å². The van der Waals surface area contributed by atoms with Gasteiger partial charge in [0.05, 0.1) is 36.2 Å². The van der Waals surface area contributed by atoms with Crippen molar-refractivity contribution in [2.24, 2.45) is 0 Å². The Morgan fingerprint density at radius 1 is 0.618 bits per heavy atom. The molecular formula is C62H53IrN3OSi-2. The van der Waals surface area contributed by atoms with E-state index in [2.05, 4.69) is 189 Å². The van der Waals surface area contributed by atoms with Crippen LogP contribution in [0.15, 0.2) is 199 Å². The number of hydrogen-bond acceptors (Lipinski definition) is 3. The minimum absolute atomic E-state index is 0. The maximum Gasteiger partial charge on any atom is 0.121 e. The first kappa shape index (κ1) is 43.6. The number of aryl methyl sites for hydroxylation is 1. The van der Waals surface area contributed by atoms with Gasteiger partial charge in [-0.2, -0.15) is 0 Å². The van der Waals surface area contributed by atoms with Gasteiger partial charge in [-0.15, -0.1) is 54.1 Å². The summed E-state index contributed by atoms with van der Waals surface area (Å²) in [5.74, 6) is 0.755. The summed E-state index contributed by atoms with van der Waals surface area (Å²) >= 11 is 0. The summed E-state index contributed by atoms with van der Waals surface area (Å²) in [4.78, 5) is 9.87. The van der Waals surface area contributed by atoms with Crippen molar-refractivity contribution in [3.8, 4) is 61.7 Å². The van der Waals surface area contributed by atoms with Crippen molar-refractivity contribution in [1.29, 1.82) is 0 Å². The van der Waals surface area contributed by atoms with Gasteiger partial charge in [0, 0.05) is 45.6 Å². The van der Waals surface area contributed by atoms with Gasteiger partial charge < -0.3 is 14.0 Å². The van der Waals surface area contributed by atoms with E-state index in [-0.39, 0.29) is 25.5 Å². The first-order valence-electron chi connectivity index (χ1n) is 24.0. The van der Waals surface area contributed by atoms with Gasteiger partial charge in [-0.05, 0) is 81.3 Å². The van der Waals surface area contributed by atoms with Gasteiger partial charge in [0.25, 0.3) is 0 Å². The van der Waals surface area contributed by atoms with Gasteiger partial charge in [0.1, 0.15) is 5.58 Å². The van der Waals surface area contributed by atoms with Crippen molar-refractivity contribution in [3.05, 3.63) is 218 Å². The van der Waals surface area contributed by atoms with Crippen LogP contribution in [0.5, 0.6) is 0 Å². The smallest absolute Gasteiger partial charge is 0.121 e. The standard InChI is InChI=1S/C48H37N2O.C14H16NSi.Ir/c1-31-22-24-32(25-23-31)35-26-27-37-38-18-13-19-39(46(38)51-44(37)28-35)47-49-42-20-11-12-21-43(42)50(47)45-40(33-14-7-5-8-15-33)29-36(48(2,3)4)30-41(45)34-16-9-6-10-17-34;1-16(2,3)13-9-10-14(15-11-13)12-7-5-4-6-8-12;/h5-18,20-30H,1-4H3;4-7,9-11H,1-3H3;/q2*-1;/i1D2;;. The summed E-state index contributed by atoms with van der Waals surface area (Å²) in [7, 11) is -1.23. The van der Waals surface area contributed by atoms with Crippen LogP contribution >= 0.6 is 0 Å². The first-order valence-corrected chi connectivity index (χ1v) is 26.3. The molecule has 0 saturated heterocycles. The number of imidazole rings is 1. The van der Waals surface area contributed by atoms with Crippen molar-refractivity contribution in [1.82, 2.24) is 14.5 Å². The summed E-state index contributed by atoms with van der Waals surface area (Å²) in [6, 6.07) is 71.3. The van der Waals surface area contributed by atoms with Crippen molar-refractivity contribution in [2.45, 2.75) is 52.7 Å². The second kappa shape index (κ2) is 19.0. The Kier molecular flexibility index (Phi) is 12.2. The summed E-state index contributed by atoms with van der Waals surface area (Å²) in [6.45, 7) is 12.8. The molecule has 4 nitrogen and oxygen atoms in total. The van der Waals surface area contributed by atoms with Crippen LogP contribution in [-0.2, 0) is 25.5 Å².